The quantitative estimate of drug-likeness (QED) is 0.866. The third-order valence-electron chi connectivity index (χ3n) is 6.02. The van der Waals surface area contributed by atoms with E-state index in [1.165, 1.54) is 11.1 Å². The van der Waals surface area contributed by atoms with E-state index in [0.717, 1.165) is 56.7 Å². The highest BCUT2D eigenvalue weighted by atomic mass is 16.2. The van der Waals surface area contributed by atoms with Gasteiger partial charge in [-0.15, -0.1) is 0 Å². The van der Waals surface area contributed by atoms with Crippen LogP contribution in [-0.2, 0) is 16.0 Å². The number of fused-ring (bicyclic) bond motifs is 1. The first-order valence-electron chi connectivity index (χ1n) is 10.6. The minimum atomic E-state index is 0.00332. The maximum Gasteiger partial charge on any atom is 0.238 e. The molecule has 1 fully saturated rings. The molecule has 2 aromatic rings. The summed E-state index contributed by atoms with van der Waals surface area (Å²) >= 11 is 0. The lowest BCUT2D eigenvalue weighted by molar-refractivity contribution is -0.124. The molecule has 0 bridgehead atoms. The van der Waals surface area contributed by atoms with Crippen LogP contribution in [0.25, 0.3) is 0 Å². The summed E-state index contributed by atoms with van der Waals surface area (Å²) in [6.07, 6.45) is 3.71. The molecule has 0 aromatic heterocycles. The second-order valence-corrected chi connectivity index (χ2v) is 8.19. The SMILES string of the molecule is Cc1ccc(NC(=O)CN2CCC(C(=O)N3CCCc4ccccc43)CC2)cc1. The average molecular weight is 392 g/mol. The Morgan fingerprint density at radius 1 is 1.00 bits per heavy atom. The second-order valence-electron chi connectivity index (χ2n) is 8.19. The van der Waals surface area contributed by atoms with Gasteiger partial charge in [0.15, 0.2) is 0 Å². The van der Waals surface area contributed by atoms with Gasteiger partial charge in [-0.3, -0.25) is 14.5 Å². The van der Waals surface area contributed by atoms with Crippen molar-refractivity contribution in [1.82, 2.24) is 4.90 Å². The van der Waals surface area contributed by atoms with Gasteiger partial charge in [0, 0.05) is 23.8 Å². The number of benzene rings is 2. The molecule has 1 saturated heterocycles. The number of nitrogens with zero attached hydrogens (tertiary/aromatic N) is 2. The summed E-state index contributed by atoms with van der Waals surface area (Å²) in [5, 5.41) is 2.96. The Hall–Kier alpha value is -2.66. The van der Waals surface area contributed by atoms with E-state index in [0.29, 0.717) is 6.54 Å². The Labute approximate surface area is 172 Å². The van der Waals surface area contributed by atoms with Gasteiger partial charge in [-0.1, -0.05) is 35.9 Å². The average Bonchev–Trinajstić information content (AvgIpc) is 2.75. The minimum Gasteiger partial charge on any atom is -0.325 e. The Balaban J connectivity index is 1.29. The molecule has 0 spiro atoms. The van der Waals surface area contributed by atoms with E-state index in [1.54, 1.807) is 0 Å². The highest BCUT2D eigenvalue weighted by Crippen LogP contribution is 2.30. The lowest BCUT2D eigenvalue weighted by Crippen LogP contribution is -2.45. The van der Waals surface area contributed by atoms with Crippen LogP contribution in [-0.4, -0.2) is 42.9 Å². The van der Waals surface area contributed by atoms with Crippen molar-refractivity contribution in [3.63, 3.8) is 0 Å². The zero-order valence-corrected chi connectivity index (χ0v) is 17.1. The fourth-order valence-corrected chi connectivity index (χ4v) is 4.36. The third-order valence-corrected chi connectivity index (χ3v) is 6.02. The molecule has 29 heavy (non-hydrogen) atoms. The number of hydrogen-bond acceptors (Lipinski definition) is 3. The molecule has 0 saturated carbocycles. The van der Waals surface area contributed by atoms with E-state index in [-0.39, 0.29) is 17.7 Å². The van der Waals surface area contributed by atoms with E-state index in [4.69, 9.17) is 0 Å². The van der Waals surface area contributed by atoms with Gasteiger partial charge in [0.2, 0.25) is 11.8 Å². The molecule has 2 heterocycles. The monoisotopic (exact) mass is 391 g/mol. The van der Waals surface area contributed by atoms with Crippen molar-refractivity contribution < 1.29 is 9.59 Å². The molecule has 4 rings (SSSR count). The third kappa shape index (κ3) is 4.67. The van der Waals surface area contributed by atoms with Crippen molar-refractivity contribution in [3.8, 4) is 0 Å². The van der Waals surface area contributed by atoms with Crippen LogP contribution in [0.3, 0.4) is 0 Å². The smallest absolute Gasteiger partial charge is 0.238 e. The summed E-state index contributed by atoms with van der Waals surface area (Å²) in [7, 11) is 0. The molecule has 0 atom stereocenters. The summed E-state index contributed by atoms with van der Waals surface area (Å²) in [4.78, 5) is 29.6. The molecule has 0 radical (unpaired) electrons. The van der Waals surface area contributed by atoms with Gasteiger partial charge in [0.1, 0.15) is 0 Å². The van der Waals surface area contributed by atoms with Crippen LogP contribution in [0.4, 0.5) is 11.4 Å². The largest absolute Gasteiger partial charge is 0.325 e. The van der Waals surface area contributed by atoms with Crippen LogP contribution in [0.1, 0.15) is 30.4 Å². The van der Waals surface area contributed by atoms with Gasteiger partial charge < -0.3 is 10.2 Å². The molecule has 2 aliphatic heterocycles. The van der Waals surface area contributed by atoms with Gasteiger partial charge >= 0.3 is 0 Å². The fourth-order valence-electron chi connectivity index (χ4n) is 4.36. The number of rotatable bonds is 4. The first-order valence-corrected chi connectivity index (χ1v) is 10.6. The van der Waals surface area contributed by atoms with Crippen LogP contribution in [0.5, 0.6) is 0 Å². The first kappa shape index (κ1) is 19.6. The van der Waals surface area contributed by atoms with Crippen molar-refractivity contribution >= 4 is 23.2 Å². The van der Waals surface area contributed by atoms with E-state index < -0.39 is 0 Å². The van der Waals surface area contributed by atoms with Crippen molar-refractivity contribution in [2.75, 3.05) is 36.4 Å². The number of aryl methyl sites for hydroxylation is 2. The lowest BCUT2D eigenvalue weighted by atomic mass is 9.93. The number of nitrogens with one attached hydrogen (secondary N) is 1. The predicted octanol–water partition coefficient (Wildman–Crippen LogP) is 3.62. The van der Waals surface area contributed by atoms with Crippen molar-refractivity contribution in [3.05, 3.63) is 59.7 Å². The van der Waals surface area contributed by atoms with Crippen LogP contribution in [0, 0.1) is 12.8 Å². The number of carbonyl (C=O) groups is 2. The number of hydrogen-bond donors (Lipinski definition) is 1. The fraction of sp³-hybridized carbons (Fsp3) is 0.417. The van der Waals surface area contributed by atoms with E-state index in [9.17, 15) is 9.59 Å². The summed E-state index contributed by atoms with van der Waals surface area (Å²) < 4.78 is 0. The zero-order chi connectivity index (χ0) is 20.2. The summed E-state index contributed by atoms with van der Waals surface area (Å²) in [5.74, 6) is 0.307. The highest BCUT2D eigenvalue weighted by Gasteiger charge is 2.31. The van der Waals surface area contributed by atoms with Gasteiger partial charge in [0.05, 0.1) is 6.54 Å². The Kier molecular flexibility index (Phi) is 5.95. The number of para-hydroxylation sites is 1. The van der Waals surface area contributed by atoms with Crippen LogP contribution in [0.15, 0.2) is 48.5 Å². The maximum atomic E-state index is 13.1. The summed E-state index contributed by atoms with van der Waals surface area (Å²) in [6.45, 7) is 4.79. The number of piperidine rings is 1. The van der Waals surface area contributed by atoms with Crippen molar-refractivity contribution in [2.24, 2.45) is 5.92 Å². The molecule has 2 aromatic carbocycles. The summed E-state index contributed by atoms with van der Waals surface area (Å²) in [6, 6.07) is 16.1. The molecule has 2 amide bonds. The Morgan fingerprint density at radius 3 is 2.48 bits per heavy atom. The van der Waals surface area contributed by atoms with Gasteiger partial charge in [-0.25, -0.2) is 0 Å². The van der Waals surface area contributed by atoms with E-state index >= 15 is 0 Å². The molecule has 152 valence electrons. The lowest BCUT2D eigenvalue weighted by Gasteiger charge is -2.36. The van der Waals surface area contributed by atoms with Crippen LogP contribution in [0.2, 0.25) is 0 Å². The Morgan fingerprint density at radius 2 is 1.72 bits per heavy atom. The Bertz CT molecular complexity index is 870. The maximum absolute atomic E-state index is 13.1. The molecule has 1 N–H and O–H groups in total. The first-order chi connectivity index (χ1) is 14.1. The van der Waals surface area contributed by atoms with Crippen LogP contribution >= 0.6 is 0 Å². The molecule has 0 aliphatic carbocycles. The predicted molar refractivity (Wildman–Crippen MR) is 116 cm³/mol. The minimum absolute atomic E-state index is 0.00332. The van der Waals surface area contributed by atoms with Crippen LogP contribution < -0.4 is 10.2 Å². The second kappa shape index (κ2) is 8.78. The van der Waals surface area contributed by atoms with Gasteiger partial charge in [0.25, 0.3) is 0 Å². The number of likely N-dealkylation sites (tertiary alicyclic amines) is 1. The van der Waals surface area contributed by atoms with Crippen molar-refractivity contribution in [2.45, 2.75) is 32.6 Å². The molecule has 0 unspecified atom stereocenters. The zero-order valence-electron chi connectivity index (χ0n) is 17.1. The molecule has 5 heteroatoms. The molecule has 5 nitrogen and oxygen atoms in total. The summed E-state index contributed by atoms with van der Waals surface area (Å²) in [5.41, 5.74) is 4.36. The normalized spacial score (nSPS) is 17.6. The topological polar surface area (TPSA) is 52.7 Å². The van der Waals surface area contributed by atoms with Crippen molar-refractivity contribution in [1.29, 1.82) is 0 Å². The standard InChI is InChI=1S/C24H29N3O2/c1-18-8-10-21(11-9-18)25-23(28)17-26-15-12-20(13-16-26)24(29)27-14-4-6-19-5-2-3-7-22(19)27/h2-3,5,7-11,20H,4,6,12-17H2,1H3,(H,25,28). The van der Waals surface area contributed by atoms with Gasteiger partial charge in [-0.2, -0.15) is 0 Å². The van der Waals surface area contributed by atoms with E-state index in [2.05, 4.69) is 22.3 Å². The number of amides is 2. The van der Waals surface area contributed by atoms with E-state index in [1.807, 2.05) is 48.2 Å². The highest BCUT2D eigenvalue weighted by molar-refractivity contribution is 5.96. The van der Waals surface area contributed by atoms with Gasteiger partial charge in [-0.05, 0) is 69.5 Å². The number of anilines is 2. The molecular weight excluding hydrogens is 362 g/mol. The number of carbonyl (C=O) groups excluding carboxylic acids is 2. The molecule has 2 aliphatic rings. The molecular formula is C24H29N3O2.